The van der Waals surface area contributed by atoms with Crippen LogP contribution in [0.1, 0.15) is 34.6 Å². The highest BCUT2D eigenvalue weighted by Gasteiger charge is 2.13. The molecule has 0 saturated carbocycles. The third-order valence-electron chi connectivity index (χ3n) is 4.44. The van der Waals surface area contributed by atoms with E-state index in [1.54, 1.807) is 61.5 Å². The van der Waals surface area contributed by atoms with Gasteiger partial charge < -0.3 is 20.4 Å². The first-order chi connectivity index (χ1) is 13.8. The van der Waals surface area contributed by atoms with E-state index in [9.17, 15) is 14.4 Å². The molecule has 0 fully saturated rings. The largest absolute Gasteiger partial charge is 0.376 e. The molecule has 0 aliphatic carbocycles. The SMILES string of the molecule is CCN(CC)C(=O)c1cccc(NCC(=O)Nc2ccc(C(=O)N(C)C)cc2)c1. The number of benzene rings is 2. The smallest absolute Gasteiger partial charge is 0.253 e. The summed E-state index contributed by atoms with van der Waals surface area (Å²) in [5, 5.41) is 5.82. The Balaban J connectivity index is 1.93. The molecule has 0 spiro atoms. The second kappa shape index (κ2) is 10.3. The zero-order chi connectivity index (χ0) is 21.4. The minimum absolute atomic E-state index is 0.0320. The molecule has 0 atom stereocenters. The van der Waals surface area contributed by atoms with Crippen LogP contribution in [0.15, 0.2) is 48.5 Å². The molecule has 2 aromatic rings. The van der Waals surface area contributed by atoms with Gasteiger partial charge in [0.05, 0.1) is 6.54 Å². The fourth-order valence-electron chi connectivity index (χ4n) is 2.80. The Bertz CT molecular complexity index is 859. The van der Waals surface area contributed by atoms with Crippen molar-refractivity contribution in [3.63, 3.8) is 0 Å². The molecule has 154 valence electrons. The summed E-state index contributed by atoms with van der Waals surface area (Å²) in [6, 6.07) is 13.8. The van der Waals surface area contributed by atoms with E-state index in [-0.39, 0.29) is 24.3 Å². The van der Waals surface area contributed by atoms with Gasteiger partial charge in [0.15, 0.2) is 0 Å². The van der Waals surface area contributed by atoms with Crippen molar-refractivity contribution in [3.05, 3.63) is 59.7 Å². The highest BCUT2D eigenvalue weighted by molar-refractivity contribution is 5.97. The number of nitrogens with zero attached hydrogens (tertiary/aromatic N) is 2. The van der Waals surface area contributed by atoms with Crippen LogP contribution in [0.5, 0.6) is 0 Å². The van der Waals surface area contributed by atoms with Crippen molar-refractivity contribution in [1.82, 2.24) is 9.80 Å². The van der Waals surface area contributed by atoms with Crippen molar-refractivity contribution in [2.75, 3.05) is 44.4 Å². The lowest BCUT2D eigenvalue weighted by atomic mass is 10.1. The third kappa shape index (κ3) is 6.07. The predicted octanol–water partition coefficient (Wildman–Crippen LogP) is 2.92. The minimum atomic E-state index is -0.225. The number of amides is 3. The third-order valence-corrected chi connectivity index (χ3v) is 4.44. The van der Waals surface area contributed by atoms with Crippen molar-refractivity contribution in [2.24, 2.45) is 0 Å². The molecular formula is C22H28N4O3. The summed E-state index contributed by atoms with van der Waals surface area (Å²) in [6.07, 6.45) is 0. The van der Waals surface area contributed by atoms with Crippen molar-refractivity contribution in [1.29, 1.82) is 0 Å². The van der Waals surface area contributed by atoms with Gasteiger partial charge in [0.25, 0.3) is 11.8 Å². The van der Waals surface area contributed by atoms with Gasteiger partial charge in [-0.1, -0.05) is 6.07 Å². The number of carbonyl (C=O) groups is 3. The van der Waals surface area contributed by atoms with Crippen molar-refractivity contribution in [2.45, 2.75) is 13.8 Å². The minimum Gasteiger partial charge on any atom is -0.376 e. The van der Waals surface area contributed by atoms with Crippen LogP contribution >= 0.6 is 0 Å². The Morgan fingerprint density at radius 1 is 0.828 bits per heavy atom. The van der Waals surface area contributed by atoms with Crippen molar-refractivity contribution < 1.29 is 14.4 Å². The van der Waals surface area contributed by atoms with Gasteiger partial charge in [-0.2, -0.15) is 0 Å². The van der Waals surface area contributed by atoms with Crippen LogP contribution < -0.4 is 10.6 Å². The molecule has 0 aliphatic heterocycles. The predicted molar refractivity (Wildman–Crippen MR) is 115 cm³/mol. The molecule has 7 heteroatoms. The average molecular weight is 396 g/mol. The maximum atomic E-state index is 12.4. The molecule has 7 nitrogen and oxygen atoms in total. The Morgan fingerprint density at radius 3 is 2.07 bits per heavy atom. The van der Waals surface area contributed by atoms with Gasteiger partial charge in [0.1, 0.15) is 0 Å². The van der Waals surface area contributed by atoms with E-state index in [0.717, 1.165) is 0 Å². The van der Waals surface area contributed by atoms with Crippen LogP contribution in [-0.4, -0.2) is 61.3 Å². The molecule has 2 aromatic carbocycles. The monoisotopic (exact) mass is 396 g/mol. The van der Waals surface area contributed by atoms with Crippen LogP contribution in [0, 0.1) is 0 Å². The molecular weight excluding hydrogens is 368 g/mol. The molecule has 0 unspecified atom stereocenters. The zero-order valence-corrected chi connectivity index (χ0v) is 17.4. The van der Waals surface area contributed by atoms with Gasteiger partial charge in [-0.25, -0.2) is 0 Å². The first kappa shape index (κ1) is 21.9. The van der Waals surface area contributed by atoms with Crippen LogP contribution in [0.4, 0.5) is 11.4 Å². The molecule has 0 aliphatic rings. The lowest BCUT2D eigenvalue weighted by Gasteiger charge is -2.19. The fraction of sp³-hybridized carbons (Fsp3) is 0.318. The van der Waals surface area contributed by atoms with Gasteiger partial charge in [-0.05, 0) is 56.3 Å². The standard InChI is InChI=1S/C22H28N4O3/c1-5-26(6-2)22(29)17-8-7-9-19(14-17)23-15-20(27)24-18-12-10-16(11-13-18)21(28)25(3)4/h7-14,23H,5-6,15H2,1-4H3,(H,24,27). The molecule has 0 aromatic heterocycles. The van der Waals surface area contributed by atoms with E-state index in [2.05, 4.69) is 10.6 Å². The summed E-state index contributed by atoms with van der Waals surface area (Å²) < 4.78 is 0. The Labute approximate surface area is 171 Å². The second-order valence-corrected chi connectivity index (χ2v) is 6.74. The summed E-state index contributed by atoms with van der Waals surface area (Å²) in [5.74, 6) is -0.351. The molecule has 2 rings (SSSR count). The van der Waals surface area contributed by atoms with E-state index < -0.39 is 0 Å². The van der Waals surface area contributed by atoms with Gasteiger partial charge in [0, 0.05) is 49.7 Å². The van der Waals surface area contributed by atoms with Gasteiger partial charge >= 0.3 is 0 Å². The number of carbonyl (C=O) groups excluding carboxylic acids is 3. The first-order valence-corrected chi connectivity index (χ1v) is 9.60. The normalized spacial score (nSPS) is 10.2. The Kier molecular flexibility index (Phi) is 7.77. The summed E-state index contributed by atoms with van der Waals surface area (Å²) in [6.45, 7) is 5.23. The molecule has 3 amide bonds. The molecule has 0 radical (unpaired) electrons. The maximum absolute atomic E-state index is 12.4. The number of rotatable bonds is 8. The summed E-state index contributed by atoms with van der Waals surface area (Å²) in [4.78, 5) is 39.8. The fourth-order valence-corrected chi connectivity index (χ4v) is 2.80. The number of hydrogen-bond acceptors (Lipinski definition) is 4. The molecule has 0 bridgehead atoms. The summed E-state index contributed by atoms with van der Waals surface area (Å²) in [5.41, 5.74) is 2.45. The van der Waals surface area contributed by atoms with Crippen LogP contribution in [0.3, 0.4) is 0 Å². The summed E-state index contributed by atoms with van der Waals surface area (Å²) in [7, 11) is 3.38. The van der Waals surface area contributed by atoms with Crippen LogP contribution in [0.25, 0.3) is 0 Å². The van der Waals surface area contributed by atoms with E-state index in [1.165, 1.54) is 4.90 Å². The lowest BCUT2D eigenvalue weighted by molar-refractivity contribution is -0.114. The second-order valence-electron chi connectivity index (χ2n) is 6.74. The van der Waals surface area contributed by atoms with Crippen LogP contribution in [-0.2, 0) is 4.79 Å². The van der Waals surface area contributed by atoms with E-state index >= 15 is 0 Å². The van der Waals surface area contributed by atoms with Gasteiger partial charge in [0.2, 0.25) is 5.91 Å². The Morgan fingerprint density at radius 2 is 1.48 bits per heavy atom. The van der Waals surface area contributed by atoms with Gasteiger partial charge in [-0.15, -0.1) is 0 Å². The topological polar surface area (TPSA) is 81.8 Å². The number of hydrogen-bond donors (Lipinski definition) is 2. The zero-order valence-electron chi connectivity index (χ0n) is 17.4. The van der Waals surface area contributed by atoms with Crippen molar-refractivity contribution in [3.8, 4) is 0 Å². The number of anilines is 2. The molecule has 0 heterocycles. The van der Waals surface area contributed by atoms with E-state index in [1.807, 2.05) is 19.9 Å². The highest BCUT2D eigenvalue weighted by Crippen LogP contribution is 2.14. The maximum Gasteiger partial charge on any atom is 0.253 e. The summed E-state index contributed by atoms with van der Waals surface area (Å²) >= 11 is 0. The van der Waals surface area contributed by atoms with Crippen molar-refractivity contribution >= 4 is 29.1 Å². The quantitative estimate of drug-likeness (QED) is 0.719. The highest BCUT2D eigenvalue weighted by atomic mass is 16.2. The average Bonchev–Trinajstić information content (AvgIpc) is 2.73. The Hall–Kier alpha value is -3.35. The van der Waals surface area contributed by atoms with Crippen LogP contribution in [0.2, 0.25) is 0 Å². The molecule has 0 saturated heterocycles. The molecule has 29 heavy (non-hydrogen) atoms. The number of nitrogens with one attached hydrogen (secondary N) is 2. The lowest BCUT2D eigenvalue weighted by Crippen LogP contribution is -2.30. The van der Waals surface area contributed by atoms with E-state index in [0.29, 0.717) is 35.6 Å². The van der Waals surface area contributed by atoms with Gasteiger partial charge in [-0.3, -0.25) is 14.4 Å². The first-order valence-electron chi connectivity index (χ1n) is 9.60. The van der Waals surface area contributed by atoms with E-state index in [4.69, 9.17) is 0 Å². The molecule has 2 N–H and O–H groups in total.